The van der Waals surface area contributed by atoms with Crippen LogP contribution in [-0.4, -0.2) is 19.0 Å². The Morgan fingerprint density at radius 2 is 2.17 bits per heavy atom. The fraction of sp³-hybridized carbons (Fsp3) is 0.500. The van der Waals surface area contributed by atoms with Crippen LogP contribution >= 0.6 is 11.6 Å². The Bertz CT molecular complexity index is 399. The van der Waals surface area contributed by atoms with Crippen molar-refractivity contribution in [2.45, 2.75) is 25.8 Å². The fourth-order valence-corrected chi connectivity index (χ4v) is 2.37. The molecule has 2 N–H and O–H groups in total. The van der Waals surface area contributed by atoms with Crippen molar-refractivity contribution in [3.05, 3.63) is 34.9 Å². The minimum atomic E-state index is 0.0247. The Balaban J connectivity index is 1.91. The van der Waals surface area contributed by atoms with Gasteiger partial charge < -0.3 is 10.6 Å². The number of halogens is 1. The highest BCUT2D eigenvalue weighted by molar-refractivity contribution is 6.30. The molecule has 1 aliphatic heterocycles. The molecule has 1 aromatic rings. The van der Waals surface area contributed by atoms with Gasteiger partial charge in [-0.3, -0.25) is 4.79 Å². The summed E-state index contributed by atoms with van der Waals surface area (Å²) in [5.74, 6) is 0.248. The van der Waals surface area contributed by atoms with Gasteiger partial charge in [0, 0.05) is 11.6 Å². The molecule has 98 valence electrons. The van der Waals surface area contributed by atoms with Crippen LogP contribution in [0.1, 0.15) is 31.4 Å². The van der Waals surface area contributed by atoms with Crippen LogP contribution in [0.2, 0.25) is 5.02 Å². The summed E-state index contributed by atoms with van der Waals surface area (Å²) in [5, 5.41) is 7.04. The fourth-order valence-electron chi connectivity index (χ4n) is 2.24. The topological polar surface area (TPSA) is 41.1 Å². The standard InChI is InChI=1S/C14H19ClN2O/c1-10(11-4-6-13(15)7-5-11)17-14(18)12-3-2-8-16-9-12/h4-7,10,12,16H,2-3,8-9H2,1H3,(H,17,18). The lowest BCUT2D eigenvalue weighted by Gasteiger charge is -2.24. The highest BCUT2D eigenvalue weighted by atomic mass is 35.5. The van der Waals surface area contributed by atoms with Crippen molar-refractivity contribution < 1.29 is 4.79 Å². The van der Waals surface area contributed by atoms with Gasteiger partial charge in [0.2, 0.25) is 5.91 Å². The van der Waals surface area contributed by atoms with Crippen LogP contribution < -0.4 is 10.6 Å². The number of carbonyl (C=O) groups is 1. The van der Waals surface area contributed by atoms with Gasteiger partial charge in [-0.05, 0) is 44.0 Å². The third-order valence-corrected chi connectivity index (χ3v) is 3.65. The number of carbonyl (C=O) groups excluding carboxylic acids is 1. The van der Waals surface area contributed by atoms with Crippen LogP contribution in [0.15, 0.2) is 24.3 Å². The van der Waals surface area contributed by atoms with E-state index in [1.807, 2.05) is 31.2 Å². The van der Waals surface area contributed by atoms with Crippen LogP contribution in [0.3, 0.4) is 0 Å². The summed E-state index contributed by atoms with van der Waals surface area (Å²) in [6.07, 6.45) is 2.06. The molecule has 4 heteroatoms. The van der Waals surface area contributed by atoms with Crippen molar-refractivity contribution in [2.75, 3.05) is 13.1 Å². The van der Waals surface area contributed by atoms with E-state index in [0.29, 0.717) is 5.02 Å². The summed E-state index contributed by atoms with van der Waals surface area (Å²) in [5.41, 5.74) is 1.08. The maximum Gasteiger partial charge on any atom is 0.224 e. The number of nitrogens with one attached hydrogen (secondary N) is 2. The van der Waals surface area contributed by atoms with Gasteiger partial charge in [0.1, 0.15) is 0 Å². The molecule has 0 saturated carbocycles. The quantitative estimate of drug-likeness (QED) is 0.883. The van der Waals surface area contributed by atoms with Crippen molar-refractivity contribution in [3.8, 4) is 0 Å². The molecule has 1 heterocycles. The highest BCUT2D eigenvalue weighted by Gasteiger charge is 2.22. The summed E-state index contributed by atoms with van der Waals surface area (Å²) >= 11 is 5.85. The van der Waals surface area contributed by atoms with Gasteiger partial charge in [-0.2, -0.15) is 0 Å². The monoisotopic (exact) mass is 266 g/mol. The molecular weight excluding hydrogens is 248 g/mol. The lowest BCUT2D eigenvalue weighted by atomic mass is 9.98. The molecule has 0 aromatic heterocycles. The van der Waals surface area contributed by atoms with Gasteiger partial charge >= 0.3 is 0 Å². The molecule has 0 radical (unpaired) electrons. The minimum Gasteiger partial charge on any atom is -0.349 e. The van der Waals surface area contributed by atoms with Crippen molar-refractivity contribution in [3.63, 3.8) is 0 Å². The molecular formula is C14H19ClN2O. The summed E-state index contributed by atoms with van der Waals surface area (Å²) in [6, 6.07) is 7.62. The Kier molecular flexibility index (Phi) is 4.61. The summed E-state index contributed by atoms with van der Waals surface area (Å²) in [6.45, 7) is 3.81. The Morgan fingerprint density at radius 1 is 1.44 bits per heavy atom. The molecule has 1 aliphatic rings. The summed E-state index contributed by atoms with van der Waals surface area (Å²) in [4.78, 5) is 12.1. The molecule has 2 unspecified atom stereocenters. The maximum atomic E-state index is 12.1. The Labute approximate surface area is 113 Å². The maximum absolute atomic E-state index is 12.1. The number of rotatable bonds is 3. The molecule has 1 amide bonds. The predicted octanol–water partition coefficient (Wildman–Crippen LogP) is 2.52. The smallest absolute Gasteiger partial charge is 0.224 e. The molecule has 2 atom stereocenters. The number of amides is 1. The third-order valence-electron chi connectivity index (χ3n) is 3.40. The zero-order valence-corrected chi connectivity index (χ0v) is 11.3. The number of hydrogen-bond acceptors (Lipinski definition) is 2. The van der Waals surface area contributed by atoms with E-state index in [0.717, 1.165) is 31.5 Å². The van der Waals surface area contributed by atoms with Gasteiger partial charge in [0.05, 0.1) is 12.0 Å². The van der Waals surface area contributed by atoms with E-state index >= 15 is 0 Å². The highest BCUT2D eigenvalue weighted by Crippen LogP contribution is 2.17. The van der Waals surface area contributed by atoms with Gasteiger partial charge in [-0.25, -0.2) is 0 Å². The second-order valence-corrected chi connectivity index (χ2v) is 5.26. The van der Waals surface area contributed by atoms with E-state index in [1.165, 1.54) is 0 Å². The molecule has 2 rings (SSSR count). The van der Waals surface area contributed by atoms with E-state index in [-0.39, 0.29) is 17.9 Å². The van der Waals surface area contributed by atoms with E-state index in [1.54, 1.807) is 0 Å². The molecule has 0 spiro atoms. The predicted molar refractivity (Wildman–Crippen MR) is 73.6 cm³/mol. The van der Waals surface area contributed by atoms with E-state index in [9.17, 15) is 4.79 Å². The first-order valence-electron chi connectivity index (χ1n) is 6.43. The minimum absolute atomic E-state index is 0.0247. The van der Waals surface area contributed by atoms with Crippen molar-refractivity contribution in [1.29, 1.82) is 0 Å². The van der Waals surface area contributed by atoms with Gasteiger partial charge in [-0.15, -0.1) is 0 Å². The second-order valence-electron chi connectivity index (χ2n) is 4.83. The number of hydrogen-bond donors (Lipinski definition) is 2. The molecule has 0 aliphatic carbocycles. The van der Waals surface area contributed by atoms with E-state index in [2.05, 4.69) is 10.6 Å². The number of piperidine rings is 1. The van der Waals surface area contributed by atoms with E-state index < -0.39 is 0 Å². The van der Waals surface area contributed by atoms with Crippen molar-refractivity contribution >= 4 is 17.5 Å². The van der Waals surface area contributed by atoms with Gasteiger partial charge in [0.15, 0.2) is 0 Å². The summed E-state index contributed by atoms with van der Waals surface area (Å²) in [7, 11) is 0. The SMILES string of the molecule is CC(NC(=O)C1CCCNC1)c1ccc(Cl)cc1. The normalized spacial score (nSPS) is 21.3. The van der Waals surface area contributed by atoms with Crippen LogP contribution in [0, 0.1) is 5.92 Å². The molecule has 3 nitrogen and oxygen atoms in total. The average Bonchev–Trinajstić information content (AvgIpc) is 2.40. The third kappa shape index (κ3) is 3.47. The molecule has 1 saturated heterocycles. The lowest BCUT2D eigenvalue weighted by Crippen LogP contribution is -2.41. The molecule has 0 bridgehead atoms. The second kappa shape index (κ2) is 6.21. The summed E-state index contributed by atoms with van der Waals surface area (Å²) < 4.78 is 0. The number of benzene rings is 1. The first-order valence-corrected chi connectivity index (χ1v) is 6.81. The Morgan fingerprint density at radius 3 is 2.78 bits per heavy atom. The molecule has 1 aromatic carbocycles. The lowest BCUT2D eigenvalue weighted by molar-refractivity contribution is -0.126. The first-order chi connectivity index (χ1) is 8.66. The first kappa shape index (κ1) is 13.4. The zero-order valence-electron chi connectivity index (χ0n) is 10.6. The van der Waals surface area contributed by atoms with Gasteiger partial charge in [-0.1, -0.05) is 23.7 Å². The largest absolute Gasteiger partial charge is 0.349 e. The van der Waals surface area contributed by atoms with E-state index in [4.69, 9.17) is 11.6 Å². The van der Waals surface area contributed by atoms with Crippen molar-refractivity contribution in [1.82, 2.24) is 10.6 Å². The van der Waals surface area contributed by atoms with Gasteiger partial charge in [0.25, 0.3) is 0 Å². The van der Waals surface area contributed by atoms with Crippen molar-refractivity contribution in [2.24, 2.45) is 5.92 Å². The molecule has 18 heavy (non-hydrogen) atoms. The van der Waals surface area contributed by atoms with Crippen LogP contribution in [0.4, 0.5) is 0 Å². The van der Waals surface area contributed by atoms with Crippen LogP contribution in [-0.2, 0) is 4.79 Å². The Hall–Kier alpha value is -1.06. The van der Waals surface area contributed by atoms with Crippen LogP contribution in [0.5, 0.6) is 0 Å². The van der Waals surface area contributed by atoms with Crippen LogP contribution in [0.25, 0.3) is 0 Å². The average molecular weight is 267 g/mol. The molecule has 1 fully saturated rings. The zero-order chi connectivity index (χ0) is 13.0.